The van der Waals surface area contributed by atoms with E-state index in [2.05, 4.69) is 0 Å². The number of aromatic hydroxyl groups is 1. The fourth-order valence-electron chi connectivity index (χ4n) is 1.68. The predicted octanol–water partition coefficient (Wildman–Crippen LogP) is 2.32. The van der Waals surface area contributed by atoms with Gasteiger partial charge in [0.1, 0.15) is 24.2 Å². The van der Waals surface area contributed by atoms with Crippen LogP contribution in [0.3, 0.4) is 0 Å². The van der Waals surface area contributed by atoms with Crippen LogP contribution in [0.15, 0.2) is 36.4 Å². The molecule has 2 aromatic rings. The van der Waals surface area contributed by atoms with Crippen molar-refractivity contribution < 1.29 is 14.6 Å². The van der Waals surface area contributed by atoms with Crippen molar-refractivity contribution in [2.24, 2.45) is 0 Å². The Labute approximate surface area is 93.2 Å². The molecule has 1 unspecified atom stereocenters. The van der Waals surface area contributed by atoms with Crippen LogP contribution in [0.4, 0.5) is 0 Å². The zero-order valence-electron chi connectivity index (χ0n) is 8.72. The third-order valence-corrected chi connectivity index (χ3v) is 2.67. The van der Waals surface area contributed by atoms with Crippen LogP contribution >= 0.6 is 0 Å². The second-order valence-corrected chi connectivity index (χ2v) is 3.93. The lowest BCUT2D eigenvalue weighted by Gasteiger charge is -2.06. The third kappa shape index (κ3) is 1.82. The molecule has 1 saturated heterocycles. The van der Waals surface area contributed by atoms with Crippen molar-refractivity contribution in [3.8, 4) is 11.5 Å². The highest BCUT2D eigenvalue weighted by molar-refractivity contribution is 5.89. The van der Waals surface area contributed by atoms with Crippen molar-refractivity contribution in [2.45, 2.75) is 6.10 Å². The summed E-state index contributed by atoms with van der Waals surface area (Å²) in [5, 5.41) is 11.5. The molecule has 0 spiro atoms. The molecule has 1 N–H and O–H groups in total. The highest BCUT2D eigenvalue weighted by Gasteiger charge is 2.23. The van der Waals surface area contributed by atoms with E-state index in [1.54, 1.807) is 6.07 Å². The van der Waals surface area contributed by atoms with E-state index >= 15 is 0 Å². The maximum atomic E-state index is 9.71. The summed E-state index contributed by atoms with van der Waals surface area (Å²) in [6.45, 7) is 1.37. The quantitative estimate of drug-likeness (QED) is 0.800. The molecule has 82 valence electrons. The van der Waals surface area contributed by atoms with Gasteiger partial charge in [0.2, 0.25) is 0 Å². The molecule has 0 aromatic heterocycles. The standard InChI is InChI=1S/C13H12O3/c14-13-3-1-2-9-4-5-10(6-12(9)13)15-7-11-8-16-11/h1-6,11,14H,7-8H2. The Bertz CT molecular complexity index is 518. The summed E-state index contributed by atoms with van der Waals surface area (Å²) in [6, 6.07) is 11.2. The van der Waals surface area contributed by atoms with Crippen molar-refractivity contribution in [2.75, 3.05) is 13.2 Å². The lowest BCUT2D eigenvalue weighted by molar-refractivity contribution is 0.263. The van der Waals surface area contributed by atoms with Crippen molar-refractivity contribution in [1.29, 1.82) is 0 Å². The van der Waals surface area contributed by atoms with Crippen molar-refractivity contribution in [3.05, 3.63) is 36.4 Å². The molecule has 3 nitrogen and oxygen atoms in total. The van der Waals surface area contributed by atoms with E-state index in [9.17, 15) is 5.11 Å². The number of phenols is 1. The number of rotatable bonds is 3. The summed E-state index contributed by atoms with van der Waals surface area (Å²) in [5.41, 5.74) is 0. The first-order chi connectivity index (χ1) is 7.83. The molecule has 1 aliphatic heterocycles. The zero-order chi connectivity index (χ0) is 11.0. The molecule has 1 heterocycles. The normalized spacial score (nSPS) is 18.6. The van der Waals surface area contributed by atoms with Gasteiger partial charge in [-0.25, -0.2) is 0 Å². The van der Waals surface area contributed by atoms with Crippen LogP contribution in [0, 0.1) is 0 Å². The molecule has 16 heavy (non-hydrogen) atoms. The first-order valence-electron chi connectivity index (χ1n) is 5.29. The van der Waals surface area contributed by atoms with E-state index in [-0.39, 0.29) is 11.9 Å². The lowest BCUT2D eigenvalue weighted by Crippen LogP contribution is -2.03. The van der Waals surface area contributed by atoms with Crippen molar-refractivity contribution >= 4 is 10.8 Å². The van der Waals surface area contributed by atoms with Gasteiger partial charge < -0.3 is 14.6 Å². The zero-order valence-corrected chi connectivity index (χ0v) is 8.72. The number of fused-ring (bicyclic) bond motifs is 1. The predicted molar refractivity (Wildman–Crippen MR) is 60.8 cm³/mol. The van der Waals surface area contributed by atoms with Gasteiger partial charge in [0.05, 0.1) is 6.61 Å². The summed E-state index contributed by atoms with van der Waals surface area (Å²) < 4.78 is 10.6. The Morgan fingerprint density at radius 1 is 1.31 bits per heavy atom. The minimum Gasteiger partial charge on any atom is -0.507 e. The molecule has 0 saturated carbocycles. The van der Waals surface area contributed by atoms with E-state index in [4.69, 9.17) is 9.47 Å². The molecule has 0 radical (unpaired) electrons. The Hall–Kier alpha value is -1.74. The van der Waals surface area contributed by atoms with Gasteiger partial charge in [0, 0.05) is 5.39 Å². The first-order valence-corrected chi connectivity index (χ1v) is 5.29. The highest BCUT2D eigenvalue weighted by Crippen LogP contribution is 2.28. The molecule has 2 aromatic carbocycles. The second kappa shape index (κ2) is 3.68. The molecule has 0 bridgehead atoms. The van der Waals surface area contributed by atoms with E-state index < -0.39 is 0 Å². The van der Waals surface area contributed by atoms with Gasteiger partial charge in [-0.05, 0) is 23.6 Å². The molecule has 3 heteroatoms. The number of benzene rings is 2. The van der Waals surface area contributed by atoms with Gasteiger partial charge in [0.25, 0.3) is 0 Å². The largest absolute Gasteiger partial charge is 0.507 e. The molecule has 0 amide bonds. The van der Waals surface area contributed by atoms with Gasteiger partial charge in [-0.2, -0.15) is 0 Å². The van der Waals surface area contributed by atoms with Gasteiger partial charge in [0.15, 0.2) is 0 Å². The summed E-state index contributed by atoms with van der Waals surface area (Å²) in [6.07, 6.45) is 0.250. The minimum absolute atomic E-state index is 0.250. The fourth-order valence-corrected chi connectivity index (χ4v) is 1.68. The van der Waals surface area contributed by atoms with Crippen LogP contribution in [0.2, 0.25) is 0 Å². The SMILES string of the molecule is Oc1cccc2ccc(OCC3CO3)cc12. The lowest BCUT2D eigenvalue weighted by atomic mass is 10.1. The average molecular weight is 216 g/mol. The molecule has 1 aliphatic rings. The van der Waals surface area contributed by atoms with Gasteiger partial charge in [-0.1, -0.05) is 18.2 Å². The van der Waals surface area contributed by atoms with E-state index in [0.717, 1.165) is 23.1 Å². The second-order valence-electron chi connectivity index (χ2n) is 3.93. The Kier molecular flexibility index (Phi) is 2.18. The first kappa shape index (κ1) is 9.48. The van der Waals surface area contributed by atoms with Crippen LogP contribution in [0.25, 0.3) is 10.8 Å². The molecule has 1 fully saturated rings. The van der Waals surface area contributed by atoms with Crippen molar-refractivity contribution in [3.63, 3.8) is 0 Å². The fraction of sp³-hybridized carbons (Fsp3) is 0.231. The van der Waals surface area contributed by atoms with Crippen LogP contribution in [-0.2, 0) is 4.74 Å². The molecule has 1 atom stereocenters. The average Bonchev–Trinajstić information content (AvgIpc) is 3.11. The van der Waals surface area contributed by atoms with Gasteiger partial charge >= 0.3 is 0 Å². The number of ether oxygens (including phenoxy) is 2. The number of epoxide rings is 1. The monoisotopic (exact) mass is 216 g/mol. The van der Waals surface area contributed by atoms with E-state index in [1.807, 2.05) is 30.3 Å². The topological polar surface area (TPSA) is 42.0 Å². The minimum atomic E-state index is 0.250. The number of hydrogen-bond donors (Lipinski definition) is 1. The van der Waals surface area contributed by atoms with Crippen LogP contribution in [-0.4, -0.2) is 24.4 Å². The van der Waals surface area contributed by atoms with Crippen molar-refractivity contribution in [1.82, 2.24) is 0 Å². The molecular formula is C13H12O3. The number of phenolic OH excluding ortho intramolecular Hbond substituents is 1. The highest BCUT2D eigenvalue weighted by atomic mass is 16.6. The Morgan fingerprint density at radius 3 is 3.00 bits per heavy atom. The number of hydrogen-bond acceptors (Lipinski definition) is 3. The maximum absolute atomic E-state index is 9.71. The van der Waals surface area contributed by atoms with Gasteiger partial charge in [-0.3, -0.25) is 0 Å². The van der Waals surface area contributed by atoms with E-state index in [1.165, 1.54) is 0 Å². The molecule has 0 aliphatic carbocycles. The Balaban J connectivity index is 1.91. The summed E-state index contributed by atoms with van der Waals surface area (Å²) in [5.74, 6) is 1.05. The smallest absolute Gasteiger partial charge is 0.123 e. The summed E-state index contributed by atoms with van der Waals surface area (Å²) in [7, 11) is 0. The van der Waals surface area contributed by atoms with Crippen LogP contribution in [0.1, 0.15) is 0 Å². The maximum Gasteiger partial charge on any atom is 0.123 e. The van der Waals surface area contributed by atoms with Crippen LogP contribution in [0.5, 0.6) is 11.5 Å². The molecule has 3 rings (SSSR count). The van der Waals surface area contributed by atoms with Crippen LogP contribution < -0.4 is 4.74 Å². The third-order valence-electron chi connectivity index (χ3n) is 2.67. The molecular weight excluding hydrogens is 204 g/mol. The van der Waals surface area contributed by atoms with Gasteiger partial charge in [-0.15, -0.1) is 0 Å². The van der Waals surface area contributed by atoms with E-state index in [0.29, 0.717) is 6.61 Å². The summed E-state index contributed by atoms with van der Waals surface area (Å²) in [4.78, 5) is 0. The summed E-state index contributed by atoms with van der Waals surface area (Å²) >= 11 is 0. The Morgan fingerprint density at radius 2 is 2.19 bits per heavy atom.